The van der Waals surface area contributed by atoms with Crippen LogP contribution in [0.25, 0.3) is 0 Å². The zero-order chi connectivity index (χ0) is 16.2. The lowest BCUT2D eigenvalue weighted by molar-refractivity contribution is 0.314. The van der Waals surface area contributed by atoms with Crippen molar-refractivity contribution < 1.29 is 12.8 Å². The lowest BCUT2D eigenvalue weighted by Crippen LogP contribution is -2.36. The van der Waals surface area contributed by atoms with Gasteiger partial charge in [0.2, 0.25) is 0 Å². The second kappa shape index (κ2) is 5.17. The van der Waals surface area contributed by atoms with Gasteiger partial charge in [0.1, 0.15) is 5.76 Å². The van der Waals surface area contributed by atoms with Crippen LogP contribution < -0.4 is 0 Å². The molecular weight excluding hydrogens is 316 g/mol. The van der Waals surface area contributed by atoms with E-state index >= 15 is 0 Å². The SMILES string of the molecule is Cc1cc(S(=O)(=O)N2CCc3oc(C4CCC4)nc3C2)n(C)n1. The molecule has 4 rings (SSSR count). The third-order valence-corrected chi connectivity index (χ3v) is 6.63. The van der Waals surface area contributed by atoms with Gasteiger partial charge in [-0.25, -0.2) is 13.4 Å². The first-order valence-corrected chi connectivity index (χ1v) is 9.38. The Morgan fingerprint density at radius 2 is 2.13 bits per heavy atom. The summed E-state index contributed by atoms with van der Waals surface area (Å²) in [4.78, 5) is 4.56. The first-order chi connectivity index (χ1) is 10.9. The van der Waals surface area contributed by atoms with Gasteiger partial charge >= 0.3 is 0 Å². The molecule has 1 saturated carbocycles. The van der Waals surface area contributed by atoms with Gasteiger partial charge in [-0.2, -0.15) is 9.40 Å². The first kappa shape index (κ1) is 14.9. The van der Waals surface area contributed by atoms with E-state index in [9.17, 15) is 8.42 Å². The van der Waals surface area contributed by atoms with E-state index in [-0.39, 0.29) is 11.6 Å². The van der Waals surface area contributed by atoms with E-state index in [2.05, 4.69) is 10.1 Å². The van der Waals surface area contributed by atoms with Crippen molar-refractivity contribution in [3.05, 3.63) is 29.1 Å². The maximum Gasteiger partial charge on any atom is 0.260 e. The normalized spacial score (nSPS) is 19.6. The number of oxazole rings is 1. The van der Waals surface area contributed by atoms with Gasteiger partial charge in [-0.3, -0.25) is 4.68 Å². The quantitative estimate of drug-likeness (QED) is 0.852. The van der Waals surface area contributed by atoms with Crippen molar-refractivity contribution in [3.63, 3.8) is 0 Å². The molecule has 1 aliphatic heterocycles. The lowest BCUT2D eigenvalue weighted by atomic mass is 9.85. The second-order valence-corrected chi connectivity index (χ2v) is 8.27. The van der Waals surface area contributed by atoms with Crippen LogP contribution in [0.2, 0.25) is 0 Å². The molecule has 1 fully saturated rings. The Kier molecular flexibility index (Phi) is 3.35. The predicted octanol–water partition coefficient (Wildman–Crippen LogP) is 1.73. The van der Waals surface area contributed by atoms with Gasteiger partial charge in [0.15, 0.2) is 10.9 Å². The highest BCUT2D eigenvalue weighted by Gasteiger charge is 2.34. The smallest absolute Gasteiger partial charge is 0.260 e. The van der Waals surface area contributed by atoms with E-state index in [1.165, 1.54) is 15.4 Å². The van der Waals surface area contributed by atoms with E-state index in [1.807, 2.05) is 0 Å². The molecule has 23 heavy (non-hydrogen) atoms. The maximum atomic E-state index is 12.8. The summed E-state index contributed by atoms with van der Waals surface area (Å²) in [5.41, 5.74) is 1.46. The third-order valence-electron chi connectivity index (χ3n) is 4.73. The van der Waals surface area contributed by atoms with Crippen LogP contribution in [-0.2, 0) is 30.0 Å². The first-order valence-electron chi connectivity index (χ1n) is 7.94. The Balaban J connectivity index is 1.62. The summed E-state index contributed by atoms with van der Waals surface area (Å²) in [6.45, 7) is 2.48. The van der Waals surface area contributed by atoms with Crippen LogP contribution in [0.5, 0.6) is 0 Å². The van der Waals surface area contributed by atoms with Crippen molar-refractivity contribution in [2.24, 2.45) is 7.05 Å². The number of aromatic nitrogens is 3. The van der Waals surface area contributed by atoms with Crippen LogP contribution in [-0.4, -0.2) is 34.0 Å². The zero-order valence-corrected chi connectivity index (χ0v) is 14.1. The fourth-order valence-electron chi connectivity index (χ4n) is 3.19. The zero-order valence-electron chi connectivity index (χ0n) is 13.3. The molecule has 0 N–H and O–H groups in total. The minimum atomic E-state index is -3.57. The molecule has 0 spiro atoms. The average molecular weight is 336 g/mol. The van der Waals surface area contributed by atoms with Gasteiger partial charge in [-0.05, 0) is 25.8 Å². The molecule has 0 aromatic carbocycles. The van der Waals surface area contributed by atoms with E-state index in [1.54, 1.807) is 20.0 Å². The van der Waals surface area contributed by atoms with Crippen LogP contribution in [0.3, 0.4) is 0 Å². The van der Waals surface area contributed by atoms with Crippen molar-refractivity contribution in [3.8, 4) is 0 Å². The molecule has 0 atom stereocenters. The molecular formula is C15H20N4O3S. The summed E-state index contributed by atoms with van der Waals surface area (Å²) in [5.74, 6) is 2.06. The van der Waals surface area contributed by atoms with Crippen molar-refractivity contribution in [1.82, 2.24) is 19.1 Å². The Morgan fingerprint density at radius 1 is 1.35 bits per heavy atom. The average Bonchev–Trinajstić information content (AvgIpc) is 2.98. The number of rotatable bonds is 3. The van der Waals surface area contributed by atoms with Gasteiger partial charge in [0.25, 0.3) is 10.0 Å². The molecule has 0 radical (unpaired) electrons. The van der Waals surface area contributed by atoms with Crippen LogP contribution in [0, 0.1) is 6.92 Å². The highest BCUT2D eigenvalue weighted by atomic mass is 32.2. The molecule has 124 valence electrons. The molecule has 0 saturated heterocycles. The number of aryl methyl sites for hydroxylation is 2. The van der Waals surface area contributed by atoms with Crippen molar-refractivity contribution in [2.75, 3.05) is 6.54 Å². The van der Waals surface area contributed by atoms with E-state index < -0.39 is 10.0 Å². The largest absolute Gasteiger partial charge is 0.445 e. The summed E-state index contributed by atoms with van der Waals surface area (Å²) in [5, 5.41) is 4.36. The van der Waals surface area contributed by atoms with Crippen LogP contribution in [0.15, 0.2) is 15.5 Å². The second-order valence-electron chi connectivity index (χ2n) is 6.39. The van der Waals surface area contributed by atoms with Gasteiger partial charge in [0, 0.05) is 25.9 Å². The standard InChI is InChI=1S/C15H20N4O3S/c1-10-8-14(18(2)17-10)23(20,21)19-7-6-13-12(9-19)16-15(22-13)11-4-3-5-11/h8,11H,3-7,9H2,1-2H3. The summed E-state index contributed by atoms with van der Waals surface area (Å²) in [6, 6.07) is 1.60. The highest BCUT2D eigenvalue weighted by Crippen LogP contribution is 2.37. The van der Waals surface area contributed by atoms with Crippen molar-refractivity contribution in [1.29, 1.82) is 0 Å². The monoisotopic (exact) mass is 336 g/mol. The molecule has 2 aromatic rings. The molecule has 1 aliphatic carbocycles. The number of fused-ring (bicyclic) bond motifs is 1. The molecule has 2 aliphatic rings. The van der Waals surface area contributed by atoms with E-state index in [4.69, 9.17) is 4.42 Å². The van der Waals surface area contributed by atoms with Crippen molar-refractivity contribution >= 4 is 10.0 Å². The molecule has 8 heteroatoms. The predicted molar refractivity (Wildman–Crippen MR) is 82.3 cm³/mol. The molecule has 3 heterocycles. The number of hydrogen-bond acceptors (Lipinski definition) is 5. The molecule has 7 nitrogen and oxygen atoms in total. The summed E-state index contributed by atoms with van der Waals surface area (Å²) < 4.78 is 34.4. The Bertz CT molecular complexity index is 848. The highest BCUT2D eigenvalue weighted by molar-refractivity contribution is 7.89. The van der Waals surface area contributed by atoms with E-state index in [0.29, 0.717) is 24.6 Å². The molecule has 0 amide bonds. The van der Waals surface area contributed by atoms with Crippen LogP contribution in [0.4, 0.5) is 0 Å². The number of hydrogen-bond donors (Lipinski definition) is 0. The third kappa shape index (κ3) is 2.40. The summed E-state index contributed by atoms with van der Waals surface area (Å²) >= 11 is 0. The molecule has 2 aromatic heterocycles. The minimum absolute atomic E-state index is 0.223. The maximum absolute atomic E-state index is 12.8. The van der Waals surface area contributed by atoms with Gasteiger partial charge in [-0.15, -0.1) is 0 Å². The number of sulfonamides is 1. The Labute approximate surface area is 135 Å². The van der Waals surface area contributed by atoms with Gasteiger partial charge in [-0.1, -0.05) is 6.42 Å². The topological polar surface area (TPSA) is 81.2 Å². The van der Waals surface area contributed by atoms with Crippen molar-refractivity contribution in [2.45, 2.75) is 50.1 Å². The van der Waals surface area contributed by atoms with E-state index in [0.717, 1.165) is 30.2 Å². The Hall–Kier alpha value is -1.67. The van der Waals surface area contributed by atoms with Gasteiger partial charge < -0.3 is 4.42 Å². The fraction of sp³-hybridized carbons (Fsp3) is 0.600. The van der Waals surface area contributed by atoms with Gasteiger partial charge in [0.05, 0.1) is 17.9 Å². The fourth-order valence-corrected chi connectivity index (χ4v) is 4.77. The summed E-state index contributed by atoms with van der Waals surface area (Å²) in [6.07, 6.45) is 4.04. The van der Waals surface area contributed by atoms with Crippen LogP contribution in [0.1, 0.15) is 48.2 Å². The molecule has 0 unspecified atom stereocenters. The minimum Gasteiger partial charge on any atom is -0.445 e. The number of nitrogens with zero attached hydrogens (tertiary/aromatic N) is 4. The Morgan fingerprint density at radius 3 is 2.74 bits per heavy atom. The lowest BCUT2D eigenvalue weighted by Gasteiger charge is -2.24. The summed E-state index contributed by atoms with van der Waals surface area (Å²) in [7, 11) is -1.91. The van der Waals surface area contributed by atoms with Crippen LogP contribution >= 0.6 is 0 Å². The molecule has 0 bridgehead atoms.